The van der Waals surface area contributed by atoms with Gasteiger partial charge in [-0.2, -0.15) is 0 Å². The van der Waals surface area contributed by atoms with Crippen molar-refractivity contribution in [2.45, 2.75) is 19.4 Å². The summed E-state index contributed by atoms with van der Waals surface area (Å²) in [4.78, 5) is 14.2. The number of benzene rings is 1. The zero-order chi connectivity index (χ0) is 14.2. The van der Waals surface area contributed by atoms with Gasteiger partial charge in [-0.05, 0) is 31.4 Å². The molecule has 0 saturated carbocycles. The van der Waals surface area contributed by atoms with E-state index in [1.54, 1.807) is 0 Å². The smallest absolute Gasteiger partial charge is 0.236 e. The molecule has 118 valence electrons. The SMILES string of the molecule is CNCC(=O)N(Cc1ccccc1)CC1CCOCC1.Cl. The molecule has 1 N–H and O–H groups in total. The van der Waals surface area contributed by atoms with Crippen molar-refractivity contribution in [3.05, 3.63) is 35.9 Å². The van der Waals surface area contributed by atoms with Crippen molar-refractivity contribution in [2.75, 3.05) is 33.4 Å². The summed E-state index contributed by atoms with van der Waals surface area (Å²) in [5.74, 6) is 0.733. The van der Waals surface area contributed by atoms with Crippen molar-refractivity contribution in [2.24, 2.45) is 5.92 Å². The Labute approximate surface area is 133 Å². The lowest BCUT2D eigenvalue weighted by atomic mass is 9.99. The summed E-state index contributed by atoms with van der Waals surface area (Å²) >= 11 is 0. The molecular weight excluding hydrogens is 288 g/mol. The lowest BCUT2D eigenvalue weighted by Crippen LogP contribution is -2.40. The summed E-state index contributed by atoms with van der Waals surface area (Å²) in [5, 5.41) is 2.96. The number of hydrogen-bond donors (Lipinski definition) is 1. The summed E-state index contributed by atoms with van der Waals surface area (Å²) in [5.41, 5.74) is 1.18. The second-order valence-electron chi connectivity index (χ2n) is 5.35. The number of halogens is 1. The van der Waals surface area contributed by atoms with Crippen LogP contribution in [-0.2, 0) is 16.1 Å². The van der Waals surface area contributed by atoms with Crippen LogP contribution in [0.4, 0.5) is 0 Å². The lowest BCUT2D eigenvalue weighted by Gasteiger charge is -2.30. The van der Waals surface area contributed by atoms with E-state index in [1.165, 1.54) is 5.56 Å². The van der Waals surface area contributed by atoms with Gasteiger partial charge >= 0.3 is 0 Å². The number of nitrogens with zero attached hydrogens (tertiary/aromatic N) is 1. The van der Waals surface area contributed by atoms with E-state index in [0.29, 0.717) is 19.0 Å². The topological polar surface area (TPSA) is 41.6 Å². The average molecular weight is 313 g/mol. The number of amides is 1. The first-order chi connectivity index (χ1) is 9.79. The Balaban J connectivity index is 0.00000220. The molecule has 0 radical (unpaired) electrons. The van der Waals surface area contributed by atoms with Crippen molar-refractivity contribution < 1.29 is 9.53 Å². The molecule has 1 heterocycles. The van der Waals surface area contributed by atoms with E-state index in [9.17, 15) is 4.79 Å². The molecule has 21 heavy (non-hydrogen) atoms. The Hall–Kier alpha value is -1.10. The van der Waals surface area contributed by atoms with E-state index >= 15 is 0 Å². The molecule has 1 saturated heterocycles. The van der Waals surface area contributed by atoms with Gasteiger partial charge in [0.1, 0.15) is 0 Å². The van der Waals surface area contributed by atoms with E-state index in [4.69, 9.17) is 4.74 Å². The van der Waals surface area contributed by atoms with Crippen LogP contribution in [0.5, 0.6) is 0 Å². The molecule has 2 rings (SSSR count). The highest BCUT2D eigenvalue weighted by atomic mass is 35.5. The summed E-state index contributed by atoms with van der Waals surface area (Å²) < 4.78 is 5.39. The number of carbonyl (C=O) groups is 1. The maximum Gasteiger partial charge on any atom is 0.236 e. The number of hydrogen-bond acceptors (Lipinski definition) is 3. The van der Waals surface area contributed by atoms with Gasteiger partial charge in [-0.15, -0.1) is 12.4 Å². The van der Waals surface area contributed by atoms with Crippen molar-refractivity contribution in [3.8, 4) is 0 Å². The predicted octanol–water partition coefficient (Wildman–Crippen LogP) is 2.08. The standard InChI is InChI=1S/C16H24N2O2.ClH/c1-17-11-16(19)18(12-14-5-3-2-4-6-14)13-15-7-9-20-10-8-15;/h2-6,15,17H,7-13H2,1H3;1H. The monoisotopic (exact) mass is 312 g/mol. The van der Waals surface area contributed by atoms with Gasteiger partial charge in [-0.1, -0.05) is 30.3 Å². The average Bonchev–Trinajstić information content (AvgIpc) is 2.49. The molecule has 0 spiro atoms. The second-order valence-corrected chi connectivity index (χ2v) is 5.35. The third-order valence-electron chi connectivity index (χ3n) is 3.72. The predicted molar refractivity (Wildman–Crippen MR) is 86.6 cm³/mol. The first-order valence-electron chi connectivity index (χ1n) is 7.33. The summed E-state index contributed by atoms with van der Waals surface area (Å²) in [6, 6.07) is 10.2. The molecule has 5 heteroatoms. The quantitative estimate of drug-likeness (QED) is 0.874. The number of ether oxygens (including phenoxy) is 1. The Bertz CT molecular complexity index is 408. The Morgan fingerprint density at radius 2 is 1.95 bits per heavy atom. The largest absolute Gasteiger partial charge is 0.381 e. The van der Waals surface area contributed by atoms with Gasteiger partial charge in [0.05, 0.1) is 6.54 Å². The minimum Gasteiger partial charge on any atom is -0.381 e. The third kappa shape index (κ3) is 6.04. The number of likely N-dealkylation sites (N-methyl/N-ethyl adjacent to an activating group) is 1. The van der Waals surface area contributed by atoms with Gasteiger partial charge in [0.2, 0.25) is 5.91 Å². The van der Waals surface area contributed by atoms with Gasteiger partial charge < -0.3 is 15.0 Å². The fourth-order valence-electron chi connectivity index (χ4n) is 2.56. The van der Waals surface area contributed by atoms with Crippen LogP contribution in [0.25, 0.3) is 0 Å². The zero-order valence-corrected chi connectivity index (χ0v) is 13.4. The lowest BCUT2D eigenvalue weighted by molar-refractivity contribution is -0.131. The fourth-order valence-corrected chi connectivity index (χ4v) is 2.56. The molecular formula is C16H25ClN2O2. The number of carbonyl (C=O) groups excluding carboxylic acids is 1. The van der Waals surface area contributed by atoms with Gasteiger partial charge in [0, 0.05) is 26.3 Å². The van der Waals surface area contributed by atoms with E-state index < -0.39 is 0 Å². The molecule has 1 amide bonds. The first kappa shape index (κ1) is 18.0. The Kier molecular flexibility index (Phi) is 8.35. The van der Waals surface area contributed by atoms with E-state index in [-0.39, 0.29) is 18.3 Å². The molecule has 1 aliphatic heterocycles. The van der Waals surface area contributed by atoms with E-state index in [1.807, 2.05) is 30.1 Å². The molecule has 1 aliphatic rings. The van der Waals surface area contributed by atoms with Crippen LogP contribution in [0.2, 0.25) is 0 Å². The van der Waals surface area contributed by atoms with Crippen molar-refractivity contribution in [1.29, 1.82) is 0 Å². The second kappa shape index (κ2) is 9.77. The minimum absolute atomic E-state index is 0. The highest BCUT2D eigenvalue weighted by Crippen LogP contribution is 2.17. The van der Waals surface area contributed by atoms with Crippen LogP contribution in [-0.4, -0.2) is 44.2 Å². The van der Waals surface area contributed by atoms with Crippen LogP contribution in [0.3, 0.4) is 0 Å². The van der Waals surface area contributed by atoms with Crippen LogP contribution in [0.1, 0.15) is 18.4 Å². The van der Waals surface area contributed by atoms with Crippen molar-refractivity contribution >= 4 is 18.3 Å². The number of nitrogens with one attached hydrogen (secondary N) is 1. The zero-order valence-electron chi connectivity index (χ0n) is 12.6. The Morgan fingerprint density at radius 1 is 1.29 bits per heavy atom. The molecule has 0 aliphatic carbocycles. The molecule has 1 aromatic rings. The highest BCUT2D eigenvalue weighted by molar-refractivity contribution is 5.85. The molecule has 1 fully saturated rings. The molecule has 0 aromatic heterocycles. The summed E-state index contributed by atoms with van der Waals surface area (Å²) in [7, 11) is 1.81. The van der Waals surface area contributed by atoms with Crippen LogP contribution >= 0.6 is 12.4 Å². The van der Waals surface area contributed by atoms with Gasteiger partial charge in [0.15, 0.2) is 0 Å². The van der Waals surface area contributed by atoms with Gasteiger partial charge in [-0.3, -0.25) is 4.79 Å². The van der Waals surface area contributed by atoms with Crippen molar-refractivity contribution in [1.82, 2.24) is 10.2 Å². The summed E-state index contributed by atoms with van der Waals surface area (Å²) in [6.45, 7) is 3.57. The maximum absolute atomic E-state index is 12.3. The molecule has 4 nitrogen and oxygen atoms in total. The minimum atomic E-state index is 0. The van der Waals surface area contributed by atoms with Crippen molar-refractivity contribution in [3.63, 3.8) is 0 Å². The third-order valence-corrected chi connectivity index (χ3v) is 3.72. The highest BCUT2D eigenvalue weighted by Gasteiger charge is 2.20. The van der Waals surface area contributed by atoms with E-state index in [2.05, 4.69) is 17.4 Å². The molecule has 0 atom stereocenters. The van der Waals surface area contributed by atoms with Crippen LogP contribution in [0.15, 0.2) is 30.3 Å². The van der Waals surface area contributed by atoms with Gasteiger partial charge in [-0.25, -0.2) is 0 Å². The number of rotatable bonds is 6. The van der Waals surface area contributed by atoms with Gasteiger partial charge in [0.25, 0.3) is 0 Å². The molecule has 1 aromatic carbocycles. The van der Waals surface area contributed by atoms with Crippen LogP contribution < -0.4 is 5.32 Å². The van der Waals surface area contributed by atoms with Crippen LogP contribution in [0, 0.1) is 5.92 Å². The Morgan fingerprint density at radius 3 is 2.57 bits per heavy atom. The summed E-state index contributed by atoms with van der Waals surface area (Å²) in [6.07, 6.45) is 2.11. The first-order valence-corrected chi connectivity index (χ1v) is 7.33. The van der Waals surface area contributed by atoms with E-state index in [0.717, 1.165) is 32.6 Å². The fraction of sp³-hybridized carbons (Fsp3) is 0.562. The normalized spacial score (nSPS) is 15.3. The maximum atomic E-state index is 12.3. The molecule has 0 unspecified atom stereocenters. The molecule has 0 bridgehead atoms.